The first-order chi connectivity index (χ1) is 10.2. The number of hydrogen-bond acceptors (Lipinski definition) is 3. The van der Waals surface area contributed by atoms with Crippen molar-refractivity contribution in [2.75, 3.05) is 31.9 Å². The molecule has 21 heavy (non-hydrogen) atoms. The number of nitrogens with zero attached hydrogens (tertiary/aromatic N) is 1. The second-order valence-electron chi connectivity index (χ2n) is 5.55. The van der Waals surface area contributed by atoms with Gasteiger partial charge < -0.3 is 16.0 Å². The highest BCUT2D eigenvalue weighted by Gasteiger charge is 2.08. The van der Waals surface area contributed by atoms with Gasteiger partial charge in [-0.2, -0.15) is 0 Å². The molecule has 114 valence electrons. The lowest BCUT2D eigenvalue weighted by molar-refractivity contribution is -0.116. The number of carbonyl (C=O) groups is 1. The zero-order valence-corrected chi connectivity index (χ0v) is 12.6. The van der Waals surface area contributed by atoms with Gasteiger partial charge in [0.25, 0.3) is 0 Å². The summed E-state index contributed by atoms with van der Waals surface area (Å²) in [5.41, 5.74) is 7.33. The zero-order chi connectivity index (χ0) is 14.9. The van der Waals surface area contributed by atoms with Crippen molar-refractivity contribution in [3.63, 3.8) is 0 Å². The van der Waals surface area contributed by atoms with Crippen molar-refractivity contribution >= 4 is 17.7 Å². The van der Waals surface area contributed by atoms with Crippen LogP contribution in [0.25, 0.3) is 6.08 Å². The van der Waals surface area contributed by atoms with E-state index in [0.717, 1.165) is 30.8 Å². The zero-order valence-electron chi connectivity index (χ0n) is 12.6. The molecule has 0 aliphatic carbocycles. The molecule has 4 heteroatoms. The Morgan fingerprint density at radius 2 is 1.90 bits per heavy atom. The Labute approximate surface area is 127 Å². The molecule has 0 atom stereocenters. The Morgan fingerprint density at radius 1 is 1.19 bits per heavy atom. The third kappa shape index (κ3) is 6.00. The quantitative estimate of drug-likeness (QED) is 0.479. The molecule has 1 heterocycles. The molecular weight excluding hydrogens is 262 g/mol. The van der Waals surface area contributed by atoms with Gasteiger partial charge >= 0.3 is 0 Å². The van der Waals surface area contributed by atoms with Crippen LogP contribution in [0.4, 0.5) is 5.69 Å². The van der Waals surface area contributed by atoms with Crippen LogP contribution in [-0.2, 0) is 4.79 Å². The molecule has 1 saturated heterocycles. The van der Waals surface area contributed by atoms with E-state index in [-0.39, 0.29) is 5.91 Å². The largest absolute Gasteiger partial charge is 0.399 e. The molecule has 0 aromatic heterocycles. The second kappa shape index (κ2) is 8.47. The molecule has 0 saturated carbocycles. The molecule has 4 nitrogen and oxygen atoms in total. The maximum Gasteiger partial charge on any atom is 0.243 e. The number of nitrogens with one attached hydrogen (secondary N) is 1. The number of rotatable bonds is 6. The summed E-state index contributed by atoms with van der Waals surface area (Å²) in [5.74, 6) is -0.0366. The van der Waals surface area contributed by atoms with E-state index in [4.69, 9.17) is 5.73 Å². The van der Waals surface area contributed by atoms with Gasteiger partial charge in [-0.15, -0.1) is 0 Å². The number of likely N-dealkylation sites (tertiary alicyclic amines) is 1. The van der Waals surface area contributed by atoms with Gasteiger partial charge in [-0.3, -0.25) is 4.79 Å². The standard InChI is InChI=1S/C17H25N3O/c18-16-8-5-15(6-9-16)7-10-17(21)19-11-4-14-20-12-2-1-3-13-20/h5-10H,1-4,11-14,18H2,(H,19,21)/b10-7+. The molecule has 1 aromatic carbocycles. The van der Waals surface area contributed by atoms with E-state index in [1.807, 2.05) is 24.3 Å². The number of anilines is 1. The van der Waals surface area contributed by atoms with E-state index < -0.39 is 0 Å². The van der Waals surface area contributed by atoms with Crippen molar-refractivity contribution in [3.05, 3.63) is 35.9 Å². The monoisotopic (exact) mass is 287 g/mol. The minimum absolute atomic E-state index is 0.0366. The SMILES string of the molecule is Nc1ccc(/C=C/C(=O)NCCCN2CCCCC2)cc1. The average molecular weight is 287 g/mol. The smallest absolute Gasteiger partial charge is 0.243 e. The van der Waals surface area contributed by atoms with Gasteiger partial charge in [-0.05, 0) is 62.7 Å². The van der Waals surface area contributed by atoms with Crippen LogP contribution >= 0.6 is 0 Å². The summed E-state index contributed by atoms with van der Waals surface area (Å²) in [6, 6.07) is 7.46. The summed E-state index contributed by atoms with van der Waals surface area (Å²) in [6.07, 6.45) is 8.39. The van der Waals surface area contributed by atoms with E-state index in [1.54, 1.807) is 12.2 Å². The topological polar surface area (TPSA) is 58.4 Å². The first kappa shape index (κ1) is 15.6. The fraction of sp³-hybridized carbons (Fsp3) is 0.471. The highest BCUT2D eigenvalue weighted by atomic mass is 16.1. The summed E-state index contributed by atoms with van der Waals surface area (Å²) < 4.78 is 0. The Kier molecular flexibility index (Phi) is 6.28. The highest BCUT2D eigenvalue weighted by Crippen LogP contribution is 2.08. The van der Waals surface area contributed by atoms with Gasteiger partial charge in [-0.1, -0.05) is 18.6 Å². The van der Waals surface area contributed by atoms with Crippen LogP contribution in [0.1, 0.15) is 31.2 Å². The van der Waals surface area contributed by atoms with Crippen molar-refractivity contribution in [1.29, 1.82) is 0 Å². The molecule has 0 unspecified atom stereocenters. The third-order valence-electron chi connectivity index (χ3n) is 3.76. The Hall–Kier alpha value is -1.81. The van der Waals surface area contributed by atoms with Crippen molar-refractivity contribution < 1.29 is 4.79 Å². The van der Waals surface area contributed by atoms with Crippen molar-refractivity contribution in [3.8, 4) is 0 Å². The molecule has 1 amide bonds. The van der Waals surface area contributed by atoms with Crippen LogP contribution in [0.3, 0.4) is 0 Å². The summed E-state index contributed by atoms with van der Waals surface area (Å²) in [4.78, 5) is 14.2. The van der Waals surface area contributed by atoms with Crippen molar-refractivity contribution in [2.24, 2.45) is 0 Å². The molecule has 3 N–H and O–H groups in total. The fourth-order valence-corrected chi connectivity index (χ4v) is 2.54. The molecule has 1 aliphatic rings. The van der Waals surface area contributed by atoms with Gasteiger partial charge in [0.1, 0.15) is 0 Å². The molecular formula is C17H25N3O. The van der Waals surface area contributed by atoms with Gasteiger partial charge in [0, 0.05) is 18.3 Å². The maximum atomic E-state index is 11.7. The number of nitrogen functional groups attached to an aromatic ring is 1. The molecule has 2 rings (SSSR count). The van der Waals surface area contributed by atoms with Crippen LogP contribution in [0.5, 0.6) is 0 Å². The molecule has 0 spiro atoms. The number of piperidine rings is 1. The number of amides is 1. The van der Waals surface area contributed by atoms with E-state index >= 15 is 0 Å². The Bertz CT molecular complexity index is 461. The van der Waals surface area contributed by atoms with Crippen molar-refractivity contribution in [1.82, 2.24) is 10.2 Å². The van der Waals surface area contributed by atoms with Gasteiger partial charge in [0.2, 0.25) is 5.91 Å². The Morgan fingerprint density at radius 3 is 2.62 bits per heavy atom. The average Bonchev–Trinajstić information content (AvgIpc) is 2.52. The van der Waals surface area contributed by atoms with Crippen LogP contribution < -0.4 is 11.1 Å². The fourth-order valence-electron chi connectivity index (χ4n) is 2.54. The number of benzene rings is 1. The number of carbonyl (C=O) groups excluding carboxylic acids is 1. The van der Waals surface area contributed by atoms with E-state index in [1.165, 1.54) is 32.4 Å². The minimum Gasteiger partial charge on any atom is -0.399 e. The summed E-state index contributed by atoms with van der Waals surface area (Å²) in [5, 5.41) is 2.93. The summed E-state index contributed by atoms with van der Waals surface area (Å²) >= 11 is 0. The van der Waals surface area contributed by atoms with E-state index in [9.17, 15) is 4.79 Å². The van der Waals surface area contributed by atoms with Gasteiger partial charge in [0.05, 0.1) is 0 Å². The Balaban J connectivity index is 1.61. The van der Waals surface area contributed by atoms with Crippen LogP contribution in [0.15, 0.2) is 30.3 Å². The lowest BCUT2D eigenvalue weighted by Crippen LogP contribution is -2.33. The lowest BCUT2D eigenvalue weighted by atomic mass is 10.1. The maximum absolute atomic E-state index is 11.7. The van der Waals surface area contributed by atoms with Gasteiger partial charge in [0.15, 0.2) is 0 Å². The van der Waals surface area contributed by atoms with Crippen molar-refractivity contribution in [2.45, 2.75) is 25.7 Å². The second-order valence-corrected chi connectivity index (χ2v) is 5.55. The number of hydrogen-bond donors (Lipinski definition) is 2. The summed E-state index contributed by atoms with van der Waals surface area (Å²) in [6.45, 7) is 4.25. The van der Waals surface area contributed by atoms with E-state index in [2.05, 4.69) is 10.2 Å². The van der Waals surface area contributed by atoms with Crippen LogP contribution in [-0.4, -0.2) is 37.0 Å². The first-order valence-electron chi connectivity index (χ1n) is 7.78. The first-order valence-corrected chi connectivity index (χ1v) is 7.78. The lowest BCUT2D eigenvalue weighted by Gasteiger charge is -2.26. The molecule has 0 bridgehead atoms. The van der Waals surface area contributed by atoms with Gasteiger partial charge in [-0.25, -0.2) is 0 Å². The molecule has 0 radical (unpaired) electrons. The predicted octanol–water partition coefficient (Wildman–Crippen LogP) is 2.27. The van der Waals surface area contributed by atoms with E-state index in [0.29, 0.717) is 0 Å². The summed E-state index contributed by atoms with van der Waals surface area (Å²) in [7, 11) is 0. The minimum atomic E-state index is -0.0366. The molecule has 1 fully saturated rings. The predicted molar refractivity (Wildman–Crippen MR) is 87.8 cm³/mol. The molecule has 1 aromatic rings. The number of nitrogens with two attached hydrogens (primary N) is 1. The van der Waals surface area contributed by atoms with Crippen LogP contribution in [0.2, 0.25) is 0 Å². The highest BCUT2D eigenvalue weighted by molar-refractivity contribution is 5.91. The van der Waals surface area contributed by atoms with Crippen LogP contribution in [0, 0.1) is 0 Å². The third-order valence-corrected chi connectivity index (χ3v) is 3.76. The molecule has 1 aliphatic heterocycles. The normalized spacial score (nSPS) is 16.2.